The number of carbonyl (C=O) groups excluding carboxylic acids is 2. The summed E-state index contributed by atoms with van der Waals surface area (Å²) in [6, 6.07) is 22.9. The predicted molar refractivity (Wildman–Crippen MR) is 134 cm³/mol. The molecule has 0 aliphatic carbocycles. The molecule has 0 saturated carbocycles. The Bertz CT molecular complexity index is 1470. The van der Waals surface area contributed by atoms with Gasteiger partial charge in [-0.25, -0.2) is 4.79 Å². The minimum Gasteiger partial charge on any atom is -0.454 e. The number of hydrogen-bond donors (Lipinski definition) is 0. The van der Waals surface area contributed by atoms with Gasteiger partial charge in [-0.05, 0) is 11.6 Å². The van der Waals surface area contributed by atoms with E-state index in [-0.39, 0.29) is 11.3 Å². The first-order chi connectivity index (χ1) is 17.5. The molecule has 0 radical (unpaired) electrons. The molecule has 1 aromatic heterocycles. The second kappa shape index (κ2) is 10.1. The fraction of sp³-hybridized carbons (Fsp3) is 0.179. The van der Waals surface area contributed by atoms with Crippen LogP contribution in [0.1, 0.15) is 37.5 Å². The van der Waals surface area contributed by atoms with E-state index in [1.807, 2.05) is 42.5 Å². The van der Waals surface area contributed by atoms with Gasteiger partial charge in [-0.3, -0.25) is 24.8 Å². The molecule has 1 aliphatic rings. The number of ketones is 1. The molecule has 180 valence electrons. The molecule has 0 amide bonds. The summed E-state index contributed by atoms with van der Waals surface area (Å²) >= 11 is 0. The highest BCUT2D eigenvalue weighted by atomic mass is 16.6. The van der Waals surface area contributed by atoms with Gasteiger partial charge in [0.05, 0.1) is 16.0 Å². The maximum absolute atomic E-state index is 13.4. The summed E-state index contributed by atoms with van der Waals surface area (Å²) < 4.78 is 5.47. The van der Waals surface area contributed by atoms with Crippen molar-refractivity contribution in [3.8, 4) is 0 Å². The first-order valence-electron chi connectivity index (χ1n) is 11.6. The van der Waals surface area contributed by atoms with Crippen molar-refractivity contribution in [2.45, 2.75) is 19.5 Å². The molecule has 4 aromatic rings. The van der Waals surface area contributed by atoms with Gasteiger partial charge < -0.3 is 4.74 Å². The third kappa shape index (κ3) is 4.85. The van der Waals surface area contributed by atoms with Gasteiger partial charge in [0.1, 0.15) is 0 Å². The number of para-hydroxylation sites is 1. The smallest absolute Gasteiger partial charge is 0.339 e. The number of nitro groups is 1. The Labute approximate surface area is 207 Å². The Balaban J connectivity index is 1.41. The number of benzene rings is 3. The average molecular weight is 482 g/mol. The Hall–Kier alpha value is -4.43. The lowest BCUT2D eigenvalue weighted by Gasteiger charge is -2.30. The van der Waals surface area contributed by atoms with E-state index < -0.39 is 23.3 Å². The highest BCUT2D eigenvalue weighted by molar-refractivity contribution is 6.06. The minimum atomic E-state index is -0.606. The SMILES string of the molecule is O=C(COC(=O)c1c2c(nc3ccccc13)CCN(Cc1ccccc1)C2)c1cccc([N+](=O)[O-])c1. The lowest BCUT2D eigenvalue weighted by atomic mass is 9.95. The first-order valence-corrected chi connectivity index (χ1v) is 11.6. The summed E-state index contributed by atoms with van der Waals surface area (Å²) in [4.78, 5) is 43.5. The van der Waals surface area contributed by atoms with Crippen LogP contribution < -0.4 is 0 Å². The number of esters is 1. The van der Waals surface area contributed by atoms with Crippen molar-refractivity contribution in [1.82, 2.24) is 9.88 Å². The molecule has 3 aromatic carbocycles. The van der Waals surface area contributed by atoms with E-state index in [4.69, 9.17) is 9.72 Å². The Morgan fingerprint density at radius 2 is 1.78 bits per heavy atom. The van der Waals surface area contributed by atoms with Gasteiger partial charge in [0.25, 0.3) is 5.69 Å². The van der Waals surface area contributed by atoms with Crippen LogP contribution in [-0.2, 0) is 24.2 Å². The summed E-state index contributed by atoms with van der Waals surface area (Å²) in [6.45, 7) is 1.57. The van der Waals surface area contributed by atoms with Crippen molar-refractivity contribution in [3.05, 3.63) is 117 Å². The van der Waals surface area contributed by atoms with Crippen LogP contribution in [-0.4, -0.2) is 39.7 Å². The number of hydrogen-bond acceptors (Lipinski definition) is 7. The van der Waals surface area contributed by atoms with E-state index >= 15 is 0 Å². The molecule has 5 rings (SSSR count). The maximum atomic E-state index is 13.4. The van der Waals surface area contributed by atoms with E-state index in [9.17, 15) is 19.7 Å². The second-order valence-corrected chi connectivity index (χ2v) is 8.68. The summed E-state index contributed by atoms with van der Waals surface area (Å²) in [5.74, 6) is -1.12. The molecule has 2 heterocycles. The van der Waals surface area contributed by atoms with Crippen molar-refractivity contribution in [3.63, 3.8) is 0 Å². The van der Waals surface area contributed by atoms with Crippen LogP contribution in [0.3, 0.4) is 0 Å². The van der Waals surface area contributed by atoms with Crippen LogP contribution in [0, 0.1) is 10.1 Å². The number of rotatable bonds is 7. The largest absolute Gasteiger partial charge is 0.454 e. The Morgan fingerprint density at radius 3 is 2.58 bits per heavy atom. The Kier molecular flexibility index (Phi) is 6.51. The molecule has 8 heteroatoms. The van der Waals surface area contributed by atoms with Gasteiger partial charge >= 0.3 is 5.97 Å². The number of non-ortho nitro benzene ring substituents is 1. The number of nitrogens with zero attached hydrogens (tertiary/aromatic N) is 3. The molecule has 1 aliphatic heterocycles. The van der Waals surface area contributed by atoms with Crippen molar-refractivity contribution in [2.75, 3.05) is 13.2 Å². The van der Waals surface area contributed by atoms with Gasteiger partial charge in [0.15, 0.2) is 6.61 Å². The van der Waals surface area contributed by atoms with Crippen molar-refractivity contribution >= 4 is 28.3 Å². The van der Waals surface area contributed by atoms with E-state index in [1.54, 1.807) is 0 Å². The number of carbonyl (C=O) groups is 2. The molecule has 0 unspecified atom stereocenters. The van der Waals surface area contributed by atoms with Crippen molar-refractivity contribution in [2.24, 2.45) is 0 Å². The molecular formula is C28H23N3O5. The summed E-state index contributed by atoms with van der Waals surface area (Å²) in [7, 11) is 0. The summed E-state index contributed by atoms with van der Waals surface area (Å²) in [6.07, 6.45) is 0.694. The summed E-state index contributed by atoms with van der Waals surface area (Å²) in [5.41, 5.74) is 3.89. The fourth-order valence-electron chi connectivity index (χ4n) is 4.54. The fourth-order valence-corrected chi connectivity index (χ4v) is 4.54. The molecule has 0 spiro atoms. The van der Waals surface area contributed by atoms with E-state index in [0.717, 1.165) is 24.3 Å². The lowest BCUT2D eigenvalue weighted by molar-refractivity contribution is -0.384. The molecule has 0 bridgehead atoms. The Morgan fingerprint density at radius 1 is 1.00 bits per heavy atom. The zero-order valence-corrected chi connectivity index (χ0v) is 19.4. The van der Waals surface area contributed by atoms with Crippen molar-refractivity contribution in [1.29, 1.82) is 0 Å². The van der Waals surface area contributed by atoms with Crippen LogP contribution in [0.5, 0.6) is 0 Å². The molecule has 36 heavy (non-hydrogen) atoms. The highest BCUT2D eigenvalue weighted by Gasteiger charge is 2.27. The molecule has 0 atom stereocenters. The molecule has 0 fully saturated rings. The topological polar surface area (TPSA) is 103 Å². The zero-order valence-electron chi connectivity index (χ0n) is 19.4. The zero-order chi connectivity index (χ0) is 25.1. The summed E-state index contributed by atoms with van der Waals surface area (Å²) in [5, 5.41) is 11.7. The molecular weight excluding hydrogens is 458 g/mol. The standard InChI is InChI=1S/C28H23N3O5/c32-26(20-9-6-10-21(15-20)31(34)35)18-36-28(33)27-22-11-4-5-12-24(22)29-25-13-14-30(17-23(25)27)16-19-7-2-1-3-8-19/h1-12,15H,13-14,16-18H2. The van der Waals surface area contributed by atoms with Gasteiger partial charge in [-0.1, -0.05) is 60.7 Å². The number of fused-ring (bicyclic) bond motifs is 2. The minimum absolute atomic E-state index is 0.118. The van der Waals surface area contributed by atoms with Crippen LogP contribution >= 0.6 is 0 Å². The third-order valence-electron chi connectivity index (χ3n) is 6.29. The molecule has 8 nitrogen and oxygen atoms in total. The monoisotopic (exact) mass is 481 g/mol. The van der Waals surface area contributed by atoms with Crippen LogP contribution in [0.4, 0.5) is 5.69 Å². The second-order valence-electron chi connectivity index (χ2n) is 8.68. The number of pyridine rings is 1. The van der Waals surface area contributed by atoms with Crippen molar-refractivity contribution < 1.29 is 19.2 Å². The van der Waals surface area contributed by atoms with E-state index in [1.165, 1.54) is 29.8 Å². The maximum Gasteiger partial charge on any atom is 0.339 e. The van der Waals surface area contributed by atoms with E-state index in [2.05, 4.69) is 17.0 Å². The van der Waals surface area contributed by atoms with Gasteiger partial charge in [0, 0.05) is 60.4 Å². The van der Waals surface area contributed by atoms with E-state index in [0.29, 0.717) is 29.4 Å². The van der Waals surface area contributed by atoms with Crippen LogP contribution in [0.15, 0.2) is 78.9 Å². The molecule has 0 N–H and O–H groups in total. The van der Waals surface area contributed by atoms with Gasteiger partial charge in [-0.2, -0.15) is 0 Å². The van der Waals surface area contributed by atoms with Gasteiger partial charge in [-0.15, -0.1) is 0 Å². The predicted octanol–water partition coefficient (Wildman–Crippen LogP) is 4.74. The average Bonchev–Trinajstić information content (AvgIpc) is 2.91. The lowest BCUT2D eigenvalue weighted by Crippen LogP contribution is -2.32. The van der Waals surface area contributed by atoms with Crippen LogP contribution in [0.2, 0.25) is 0 Å². The normalized spacial score (nSPS) is 13.2. The third-order valence-corrected chi connectivity index (χ3v) is 6.29. The number of Topliss-reactive ketones (excluding diaryl/α,β-unsaturated/α-hetero) is 1. The van der Waals surface area contributed by atoms with Gasteiger partial charge in [0.2, 0.25) is 5.78 Å². The van der Waals surface area contributed by atoms with Crippen LogP contribution in [0.25, 0.3) is 10.9 Å². The quantitative estimate of drug-likeness (QED) is 0.163. The number of nitro benzene ring substituents is 1. The number of ether oxygens (including phenoxy) is 1. The highest BCUT2D eigenvalue weighted by Crippen LogP contribution is 2.29. The first kappa shape index (κ1) is 23.3. The molecule has 0 saturated heterocycles. The number of aromatic nitrogens is 1.